The summed E-state index contributed by atoms with van der Waals surface area (Å²) >= 11 is 0. The van der Waals surface area contributed by atoms with Crippen molar-refractivity contribution < 1.29 is 5.11 Å². The van der Waals surface area contributed by atoms with Crippen LogP contribution in [0.2, 0.25) is 0 Å². The number of hydrogen-bond acceptors (Lipinski definition) is 2. The quantitative estimate of drug-likeness (QED) is 0.637. The highest BCUT2D eigenvalue weighted by Crippen LogP contribution is 2.26. The molecule has 0 fully saturated rings. The van der Waals surface area contributed by atoms with E-state index in [0.29, 0.717) is 5.75 Å². The Kier molecular flexibility index (Phi) is 2.13. The van der Waals surface area contributed by atoms with E-state index < -0.39 is 0 Å². The summed E-state index contributed by atoms with van der Waals surface area (Å²) in [5, 5.41) is 12.7. The molecule has 1 heterocycles. The normalized spacial score (nSPS) is 21.5. The third-order valence-electron chi connectivity index (χ3n) is 2.64. The first-order valence-corrected chi connectivity index (χ1v) is 4.81. The Labute approximate surface area is 78.6 Å². The van der Waals surface area contributed by atoms with Gasteiger partial charge >= 0.3 is 0 Å². The van der Waals surface area contributed by atoms with Crippen LogP contribution in [0.1, 0.15) is 18.9 Å². The molecule has 0 saturated heterocycles. The van der Waals surface area contributed by atoms with Crippen molar-refractivity contribution in [2.45, 2.75) is 19.8 Å². The summed E-state index contributed by atoms with van der Waals surface area (Å²) in [6.45, 7) is 3.26. The molecule has 0 spiro atoms. The van der Waals surface area contributed by atoms with Gasteiger partial charge in [0.25, 0.3) is 0 Å². The number of phenolic OH excluding ortho intramolecular Hbond substituents is 1. The monoisotopic (exact) mass is 177 g/mol. The van der Waals surface area contributed by atoms with Crippen molar-refractivity contribution in [1.82, 2.24) is 0 Å². The van der Waals surface area contributed by atoms with E-state index >= 15 is 0 Å². The minimum Gasteiger partial charge on any atom is -0.508 e. The van der Waals surface area contributed by atoms with Crippen molar-refractivity contribution in [3.05, 3.63) is 23.8 Å². The molecule has 0 saturated carbocycles. The first-order valence-electron chi connectivity index (χ1n) is 4.81. The summed E-state index contributed by atoms with van der Waals surface area (Å²) in [6, 6.07) is 5.58. The molecule has 0 aliphatic carbocycles. The number of nitrogens with one attached hydrogen (secondary N) is 1. The van der Waals surface area contributed by atoms with Crippen molar-refractivity contribution in [2.75, 3.05) is 11.9 Å². The van der Waals surface area contributed by atoms with Crippen molar-refractivity contribution in [2.24, 2.45) is 5.92 Å². The van der Waals surface area contributed by atoms with Crippen LogP contribution >= 0.6 is 0 Å². The molecule has 2 heteroatoms. The first kappa shape index (κ1) is 8.42. The lowest BCUT2D eigenvalue weighted by atomic mass is 10.0. The highest BCUT2D eigenvalue weighted by Gasteiger charge is 2.11. The largest absolute Gasteiger partial charge is 0.508 e. The number of hydrogen-bond donors (Lipinski definition) is 2. The van der Waals surface area contributed by atoms with Gasteiger partial charge in [0.05, 0.1) is 0 Å². The Morgan fingerprint density at radius 1 is 1.46 bits per heavy atom. The standard InChI is InChI=1S/C11H15NO/c1-8-2-3-9-4-5-10(13)6-11(9)12-7-8/h4-6,8,12-13H,2-3,7H2,1H3. The molecular weight excluding hydrogens is 162 g/mol. The van der Waals surface area contributed by atoms with Gasteiger partial charge in [-0.3, -0.25) is 0 Å². The average Bonchev–Trinajstić information content (AvgIpc) is 2.29. The van der Waals surface area contributed by atoms with Gasteiger partial charge in [0, 0.05) is 18.3 Å². The maximum absolute atomic E-state index is 9.31. The van der Waals surface area contributed by atoms with Gasteiger partial charge in [-0.15, -0.1) is 0 Å². The molecule has 2 nitrogen and oxygen atoms in total. The molecule has 2 rings (SSSR count). The fourth-order valence-corrected chi connectivity index (χ4v) is 1.74. The van der Waals surface area contributed by atoms with E-state index in [0.717, 1.165) is 24.6 Å². The van der Waals surface area contributed by atoms with Gasteiger partial charge in [-0.2, -0.15) is 0 Å². The molecule has 1 aliphatic heterocycles. The number of phenols is 1. The molecular formula is C11H15NO. The molecule has 0 amide bonds. The van der Waals surface area contributed by atoms with Gasteiger partial charge in [0.15, 0.2) is 0 Å². The lowest BCUT2D eigenvalue weighted by Crippen LogP contribution is -2.08. The highest BCUT2D eigenvalue weighted by molar-refractivity contribution is 5.55. The topological polar surface area (TPSA) is 32.3 Å². The van der Waals surface area contributed by atoms with E-state index in [-0.39, 0.29) is 0 Å². The van der Waals surface area contributed by atoms with Gasteiger partial charge in [0.2, 0.25) is 0 Å². The molecule has 13 heavy (non-hydrogen) atoms. The molecule has 2 N–H and O–H groups in total. The van der Waals surface area contributed by atoms with Crippen LogP contribution in [0.3, 0.4) is 0 Å². The zero-order valence-corrected chi connectivity index (χ0v) is 7.88. The van der Waals surface area contributed by atoms with E-state index in [1.54, 1.807) is 6.07 Å². The molecule has 1 unspecified atom stereocenters. The third kappa shape index (κ3) is 1.77. The molecule has 0 radical (unpaired) electrons. The zero-order chi connectivity index (χ0) is 9.26. The Morgan fingerprint density at radius 3 is 3.15 bits per heavy atom. The van der Waals surface area contributed by atoms with Gasteiger partial charge < -0.3 is 10.4 Å². The molecule has 1 aliphatic rings. The molecule has 1 atom stereocenters. The number of aryl methyl sites for hydroxylation is 1. The summed E-state index contributed by atoms with van der Waals surface area (Å²) in [4.78, 5) is 0. The van der Waals surface area contributed by atoms with Crippen LogP contribution in [0.4, 0.5) is 5.69 Å². The second-order valence-electron chi connectivity index (χ2n) is 3.87. The Hall–Kier alpha value is -1.18. The van der Waals surface area contributed by atoms with Gasteiger partial charge in [-0.1, -0.05) is 13.0 Å². The zero-order valence-electron chi connectivity index (χ0n) is 7.88. The highest BCUT2D eigenvalue weighted by atomic mass is 16.3. The van der Waals surface area contributed by atoms with Gasteiger partial charge in [-0.25, -0.2) is 0 Å². The number of benzene rings is 1. The smallest absolute Gasteiger partial charge is 0.117 e. The maximum Gasteiger partial charge on any atom is 0.117 e. The summed E-state index contributed by atoms with van der Waals surface area (Å²) in [6.07, 6.45) is 2.34. The van der Waals surface area contributed by atoms with Crippen molar-refractivity contribution in [1.29, 1.82) is 0 Å². The molecule has 70 valence electrons. The molecule has 0 bridgehead atoms. The van der Waals surface area contributed by atoms with E-state index in [1.807, 2.05) is 12.1 Å². The van der Waals surface area contributed by atoms with Gasteiger partial charge in [0.1, 0.15) is 5.75 Å². The number of aromatic hydroxyl groups is 1. The number of fused-ring (bicyclic) bond motifs is 1. The summed E-state index contributed by atoms with van der Waals surface area (Å²) < 4.78 is 0. The van der Waals surface area contributed by atoms with Crippen LogP contribution in [0.25, 0.3) is 0 Å². The summed E-state index contributed by atoms with van der Waals surface area (Å²) in [5.74, 6) is 1.07. The van der Waals surface area contributed by atoms with E-state index in [2.05, 4.69) is 12.2 Å². The van der Waals surface area contributed by atoms with Crippen LogP contribution < -0.4 is 5.32 Å². The summed E-state index contributed by atoms with van der Waals surface area (Å²) in [7, 11) is 0. The van der Waals surface area contributed by atoms with E-state index in [9.17, 15) is 5.11 Å². The molecule has 1 aromatic carbocycles. The van der Waals surface area contributed by atoms with Crippen LogP contribution in [0.5, 0.6) is 5.75 Å². The lowest BCUT2D eigenvalue weighted by Gasteiger charge is -2.08. The van der Waals surface area contributed by atoms with Crippen LogP contribution in [0.15, 0.2) is 18.2 Å². The minimum absolute atomic E-state index is 0.348. The van der Waals surface area contributed by atoms with E-state index in [1.165, 1.54) is 12.0 Å². The second kappa shape index (κ2) is 3.29. The fraction of sp³-hybridized carbons (Fsp3) is 0.455. The van der Waals surface area contributed by atoms with Crippen molar-refractivity contribution in [3.63, 3.8) is 0 Å². The minimum atomic E-state index is 0.348. The molecule has 1 aromatic rings. The predicted octanol–water partition coefficient (Wildman–Crippen LogP) is 2.39. The van der Waals surface area contributed by atoms with E-state index in [4.69, 9.17) is 0 Å². The van der Waals surface area contributed by atoms with Crippen molar-refractivity contribution in [3.8, 4) is 5.75 Å². The predicted molar refractivity (Wildman–Crippen MR) is 54.1 cm³/mol. The fourth-order valence-electron chi connectivity index (χ4n) is 1.74. The lowest BCUT2D eigenvalue weighted by molar-refractivity contribution is 0.475. The van der Waals surface area contributed by atoms with Gasteiger partial charge in [-0.05, 0) is 30.4 Å². The molecule has 0 aromatic heterocycles. The second-order valence-corrected chi connectivity index (χ2v) is 3.87. The van der Waals surface area contributed by atoms with Crippen LogP contribution in [-0.2, 0) is 6.42 Å². The first-order chi connectivity index (χ1) is 6.25. The SMILES string of the molecule is CC1CCc2ccc(O)cc2NC1. The Bertz CT molecular complexity index is 309. The number of rotatable bonds is 0. The summed E-state index contributed by atoms with van der Waals surface area (Å²) in [5.41, 5.74) is 2.42. The maximum atomic E-state index is 9.31. The van der Waals surface area contributed by atoms with Crippen LogP contribution in [0, 0.1) is 5.92 Å². The Morgan fingerprint density at radius 2 is 2.31 bits per heavy atom. The average molecular weight is 177 g/mol. The third-order valence-corrected chi connectivity index (χ3v) is 2.64. The van der Waals surface area contributed by atoms with Crippen molar-refractivity contribution >= 4 is 5.69 Å². The van der Waals surface area contributed by atoms with Crippen LogP contribution in [-0.4, -0.2) is 11.7 Å². The number of anilines is 1. The Balaban J connectivity index is 2.30.